The number of carbonyl (C=O) groups is 6. The minimum absolute atomic E-state index is 0.0139. The molecule has 308 valence electrons. The number of carbonyl (C=O) groups excluding carboxylic acids is 6. The lowest BCUT2D eigenvalue weighted by Gasteiger charge is -2.49. The van der Waals surface area contributed by atoms with Crippen molar-refractivity contribution in [2.45, 2.75) is 194 Å². The van der Waals surface area contributed by atoms with Gasteiger partial charge in [0.2, 0.25) is 29.4 Å². The molecule has 55 heavy (non-hydrogen) atoms. The summed E-state index contributed by atoms with van der Waals surface area (Å²) in [6, 6.07) is -3.89. The summed E-state index contributed by atoms with van der Waals surface area (Å²) in [4.78, 5) is 87.9. The maximum atomic E-state index is 15.1. The monoisotopic (exact) mass is 767 g/mol. The number of nitrogens with zero attached hydrogens (tertiary/aromatic N) is 2. The number of nitrogens with one attached hydrogen (secondary N) is 4. The number of Topliss-reactive ketones (excluding diaryl/α,β-unsaturated/α-hetero) is 1. The van der Waals surface area contributed by atoms with Crippen LogP contribution in [0, 0.1) is 27.6 Å². The van der Waals surface area contributed by atoms with E-state index in [1.807, 2.05) is 27.7 Å². The second-order valence-corrected chi connectivity index (χ2v) is 20.7. The van der Waals surface area contributed by atoms with Crippen molar-refractivity contribution < 1.29 is 28.8 Å². The molecule has 0 aromatic heterocycles. The van der Waals surface area contributed by atoms with Crippen molar-refractivity contribution in [3.8, 4) is 0 Å². The van der Waals surface area contributed by atoms with Gasteiger partial charge in [0, 0.05) is 30.1 Å². The molecule has 4 aliphatic carbocycles. The lowest BCUT2D eigenvalue weighted by Crippen LogP contribution is -2.66. The van der Waals surface area contributed by atoms with E-state index in [1.54, 1.807) is 4.90 Å². The summed E-state index contributed by atoms with van der Waals surface area (Å²) in [6.07, 6.45) is 11.7. The highest BCUT2D eigenvalue weighted by molar-refractivity contribution is 6.38. The third-order valence-electron chi connectivity index (χ3n) is 15.0. The Kier molecular flexibility index (Phi) is 11.4. The Morgan fingerprint density at radius 3 is 1.89 bits per heavy atom. The molecule has 12 heteroatoms. The van der Waals surface area contributed by atoms with Crippen molar-refractivity contribution in [3.63, 3.8) is 0 Å². The molecule has 6 fully saturated rings. The molecule has 12 nitrogen and oxygen atoms in total. The Morgan fingerprint density at radius 1 is 0.764 bits per heavy atom. The van der Waals surface area contributed by atoms with Crippen molar-refractivity contribution in [3.05, 3.63) is 0 Å². The van der Waals surface area contributed by atoms with Crippen LogP contribution >= 0.6 is 0 Å². The molecular formula is C43H70N6O6. The Hall–Kier alpha value is -3.02. The predicted molar refractivity (Wildman–Crippen MR) is 210 cm³/mol. The third-order valence-corrected chi connectivity index (χ3v) is 15.0. The maximum absolute atomic E-state index is 15.1. The fourth-order valence-electron chi connectivity index (χ4n) is 11.2. The van der Waals surface area contributed by atoms with E-state index in [2.05, 4.69) is 60.8 Å². The highest BCUT2D eigenvalue weighted by Gasteiger charge is 2.85. The lowest BCUT2D eigenvalue weighted by atomic mass is 9.73. The van der Waals surface area contributed by atoms with Crippen LogP contribution in [0.4, 0.5) is 0 Å². The minimum Gasteiger partial charge on any atom is -0.347 e. The Labute approximate surface area is 329 Å². The summed E-state index contributed by atoms with van der Waals surface area (Å²) in [6.45, 7) is 19.7. The van der Waals surface area contributed by atoms with Crippen LogP contribution in [0.3, 0.4) is 0 Å². The molecular weight excluding hydrogens is 697 g/mol. The summed E-state index contributed by atoms with van der Waals surface area (Å²) in [5.74, 6) is -2.63. The molecule has 2 heterocycles. The van der Waals surface area contributed by atoms with Gasteiger partial charge in [0.25, 0.3) is 5.91 Å². The average molecular weight is 767 g/mol. The Bertz CT molecular complexity index is 1530. The zero-order valence-corrected chi connectivity index (χ0v) is 35.2. The molecule has 0 aromatic rings. The molecule has 6 rings (SSSR count). The van der Waals surface area contributed by atoms with Gasteiger partial charge in [-0.3, -0.25) is 33.7 Å². The fourth-order valence-corrected chi connectivity index (χ4v) is 11.2. The number of fused-ring (bicyclic) bond motifs is 1. The highest BCUT2D eigenvalue weighted by atomic mass is 16.2. The van der Waals surface area contributed by atoms with Gasteiger partial charge in [-0.2, -0.15) is 0 Å². The van der Waals surface area contributed by atoms with Gasteiger partial charge in [-0.1, -0.05) is 73.6 Å². The van der Waals surface area contributed by atoms with Crippen LogP contribution in [-0.4, -0.2) is 100.0 Å². The summed E-state index contributed by atoms with van der Waals surface area (Å²) < 4.78 is 0. The maximum Gasteiger partial charge on any atom is 0.289 e. The largest absolute Gasteiger partial charge is 0.347 e. The van der Waals surface area contributed by atoms with E-state index in [0.717, 1.165) is 77.2 Å². The molecule has 0 aromatic carbocycles. The number of hydrogen-bond donors (Lipinski definition) is 4. The smallest absolute Gasteiger partial charge is 0.289 e. The van der Waals surface area contributed by atoms with Crippen molar-refractivity contribution in [1.82, 2.24) is 31.1 Å². The van der Waals surface area contributed by atoms with Crippen LogP contribution in [0.25, 0.3) is 0 Å². The normalized spacial score (nSPS) is 29.0. The van der Waals surface area contributed by atoms with E-state index >= 15 is 4.79 Å². The zero-order valence-electron chi connectivity index (χ0n) is 35.2. The lowest BCUT2D eigenvalue weighted by molar-refractivity contribution is -0.146. The van der Waals surface area contributed by atoms with E-state index in [-0.39, 0.29) is 57.5 Å². The van der Waals surface area contributed by atoms with Gasteiger partial charge >= 0.3 is 0 Å². The van der Waals surface area contributed by atoms with Crippen LogP contribution in [0.15, 0.2) is 0 Å². The van der Waals surface area contributed by atoms with Gasteiger partial charge in [-0.15, -0.1) is 0 Å². The van der Waals surface area contributed by atoms with E-state index in [1.165, 1.54) is 0 Å². The summed E-state index contributed by atoms with van der Waals surface area (Å²) in [7, 11) is 0. The second kappa shape index (κ2) is 15.1. The first kappa shape index (κ1) is 41.6. The first-order valence-corrected chi connectivity index (χ1v) is 21.5. The quantitative estimate of drug-likeness (QED) is 0.203. The van der Waals surface area contributed by atoms with Crippen LogP contribution in [0.5, 0.6) is 0 Å². The number of amides is 5. The molecule has 2 spiro atoms. The molecule has 0 radical (unpaired) electrons. The molecule has 6 aliphatic rings. The number of ketones is 1. The average Bonchev–Trinajstić information content (AvgIpc) is 3.88. The van der Waals surface area contributed by atoms with Gasteiger partial charge in [0.05, 0.1) is 12.1 Å². The SMILES string of the molecule is CCC[C@H](NC(=O)[C@@H]1C[C@@]2(CN1C(=O)[C@@H](NC(=O)[C@@H](NC(=O)C1CCN1C(C)(C)C)C1CCCCC1)C(C)(C)C)C(C)(C)C21CCC1)C(=O)C(=O)NC1CC1. The standard InChI is InChI=1S/C43H70N6O6/c1-10-15-28(32(50)37(54)44-27-18-19-27)45-35(52)30-24-43(41(8,9)42(43)21-14-22-42)25-48(30)38(55)33(39(2,3)4)47-36(53)31(26-16-12-11-13-17-26)46-34(51)29-20-23-49(29)40(5,6)7/h26-31,33H,10-25H2,1-9H3,(H,44,54)(H,45,52)(H,46,51)(H,47,53)/t28-,29?,30-,31-,33+,43+/m0/s1. The van der Waals surface area contributed by atoms with Crippen molar-refractivity contribution in [1.29, 1.82) is 0 Å². The molecule has 6 atom stereocenters. The van der Waals surface area contributed by atoms with Gasteiger partial charge in [0.1, 0.15) is 18.1 Å². The molecule has 4 saturated carbocycles. The third kappa shape index (κ3) is 7.59. The first-order chi connectivity index (χ1) is 25.7. The van der Waals surface area contributed by atoms with E-state index < -0.39 is 47.2 Å². The number of hydrogen-bond acceptors (Lipinski definition) is 7. The Balaban J connectivity index is 1.25. The molecule has 2 saturated heterocycles. The van der Waals surface area contributed by atoms with E-state index in [9.17, 15) is 24.0 Å². The molecule has 0 bridgehead atoms. The summed E-state index contributed by atoms with van der Waals surface area (Å²) in [5, 5.41) is 12.0. The van der Waals surface area contributed by atoms with Crippen molar-refractivity contribution in [2.75, 3.05) is 13.1 Å². The van der Waals surface area contributed by atoms with Crippen LogP contribution in [-0.2, 0) is 28.8 Å². The summed E-state index contributed by atoms with van der Waals surface area (Å²) >= 11 is 0. The molecule has 5 amide bonds. The van der Waals surface area contributed by atoms with Crippen LogP contribution in [0.1, 0.15) is 152 Å². The summed E-state index contributed by atoms with van der Waals surface area (Å²) in [5.41, 5.74) is -1.22. The van der Waals surface area contributed by atoms with Gasteiger partial charge in [0.15, 0.2) is 0 Å². The topological polar surface area (TPSA) is 157 Å². The number of likely N-dealkylation sites (tertiary alicyclic amines) is 2. The van der Waals surface area contributed by atoms with Crippen LogP contribution < -0.4 is 21.3 Å². The Morgan fingerprint density at radius 2 is 1.40 bits per heavy atom. The van der Waals surface area contributed by atoms with Gasteiger partial charge < -0.3 is 26.2 Å². The fraction of sp³-hybridized carbons (Fsp3) is 0.860. The van der Waals surface area contributed by atoms with Gasteiger partial charge in [-0.05, 0) is 101 Å². The molecule has 4 N–H and O–H groups in total. The minimum atomic E-state index is -0.988. The molecule has 2 aliphatic heterocycles. The first-order valence-electron chi connectivity index (χ1n) is 21.5. The van der Waals surface area contributed by atoms with E-state index in [0.29, 0.717) is 25.8 Å². The molecule has 1 unspecified atom stereocenters. The van der Waals surface area contributed by atoms with Crippen molar-refractivity contribution in [2.24, 2.45) is 27.6 Å². The van der Waals surface area contributed by atoms with Crippen molar-refractivity contribution >= 4 is 35.3 Å². The van der Waals surface area contributed by atoms with E-state index in [4.69, 9.17) is 0 Å². The predicted octanol–water partition coefficient (Wildman–Crippen LogP) is 4.39. The number of rotatable bonds is 13. The van der Waals surface area contributed by atoms with Crippen LogP contribution in [0.2, 0.25) is 0 Å². The highest BCUT2D eigenvalue weighted by Crippen LogP contribution is 2.88. The second-order valence-electron chi connectivity index (χ2n) is 20.7. The zero-order chi connectivity index (χ0) is 40.3. The van der Waals surface area contributed by atoms with Gasteiger partial charge in [-0.25, -0.2) is 0 Å².